The van der Waals surface area contributed by atoms with Crippen LogP contribution in [0.2, 0.25) is 0 Å². The summed E-state index contributed by atoms with van der Waals surface area (Å²) in [6.07, 6.45) is 3.19. The van der Waals surface area contributed by atoms with Crippen molar-refractivity contribution in [3.63, 3.8) is 0 Å². The number of hydrogen-bond acceptors (Lipinski definition) is 4. The summed E-state index contributed by atoms with van der Waals surface area (Å²) < 4.78 is 0. The van der Waals surface area contributed by atoms with Gasteiger partial charge in [0.05, 0.1) is 6.04 Å². The van der Waals surface area contributed by atoms with Crippen molar-refractivity contribution in [2.24, 2.45) is 0 Å². The fourth-order valence-corrected chi connectivity index (χ4v) is 2.06. The predicted molar refractivity (Wildman–Crippen MR) is 86.6 cm³/mol. The molecule has 0 radical (unpaired) electrons. The van der Waals surface area contributed by atoms with E-state index in [0.29, 0.717) is 25.0 Å². The second-order valence-electron chi connectivity index (χ2n) is 4.78. The molecule has 1 amide bonds. The van der Waals surface area contributed by atoms with Crippen molar-refractivity contribution >= 4 is 24.3 Å². The number of phenolic OH excluding ortho intramolecular Hbond substituents is 1. The Morgan fingerprint density at radius 1 is 1.33 bits per heavy atom. The van der Waals surface area contributed by atoms with Gasteiger partial charge in [0.15, 0.2) is 5.78 Å². The zero-order chi connectivity index (χ0) is 15.7. The molecule has 5 heteroatoms. The molecule has 0 bridgehead atoms. The molecule has 1 aromatic carbocycles. The van der Waals surface area contributed by atoms with Gasteiger partial charge in [0.2, 0.25) is 5.91 Å². The molecule has 1 rings (SSSR count). The van der Waals surface area contributed by atoms with Crippen LogP contribution in [0.4, 0.5) is 0 Å². The maximum absolute atomic E-state index is 12.1. The highest BCUT2D eigenvalue weighted by Gasteiger charge is 2.19. The fourth-order valence-electron chi connectivity index (χ4n) is 1.90. The molecule has 0 aliphatic carbocycles. The summed E-state index contributed by atoms with van der Waals surface area (Å²) in [5, 5.41) is 12.0. The number of nitrogens with one attached hydrogen (secondary N) is 1. The zero-order valence-corrected chi connectivity index (χ0v) is 12.8. The number of thiol groups is 1. The Labute approximate surface area is 130 Å². The second kappa shape index (κ2) is 9.23. The van der Waals surface area contributed by atoms with Gasteiger partial charge in [0.1, 0.15) is 5.75 Å². The van der Waals surface area contributed by atoms with Gasteiger partial charge >= 0.3 is 0 Å². The molecular weight excluding hydrogens is 286 g/mol. The Kier molecular flexibility index (Phi) is 7.61. The highest BCUT2D eigenvalue weighted by atomic mass is 32.1. The van der Waals surface area contributed by atoms with Gasteiger partial charge in [-0.05, 0) is 36.3 Å². The summed E-state index contributed by atoms with van der Waals surface area (Å²) in [6.45, 7) is 3.55. The number of ketones is 1. The molecular formula is C16H21NO3S. The molecule has 2 N–H and O–H groups in total. The number of Topliss-reactive ketones (excluding diaryl/α,β-unsaturated/α-hetero) is 1. The lowest BCUT2D eigenvalue weighted by Gasteiger charge is -2.17. The summed E-state index contributed by atoms with van der Waals surface area (Å²) >= 11 is 4.07. The fraction of sp³-hybridized carbons (Fsp3) is 0.375. The minimum absolute atomic E-state index is 0.0719. The van der Waals surface area contributed by atoms with Gasteiger partial charge in [-0.1, -0.05) is 18.2 Å². The average molecular weight is 307 g/mol. The topological polar surface area (TPSA) is 66.4 Å². The molecule has 0 aliphatic heterocycles. The third-order valence-electron chi connectivity index (χ3n) is 3.01. The maximum atomic E-state index is 12.1. The van der Waals surface area contributed by atoms with Crippen LogP contribution in [0.5, 0.6) is 5.75 Å². The average Bonchev–Trinajstić information content (AvgIpc) is 2.47. The van der Waals surface area contributed by atoms with Crippen molar-refractivity contribution in [1.82, 2.24) is 5.32 Å². The molecule has 1 aromatic rings. The molecule has 114 valence electrons. The summed E-state index contributed by atoms with van der Waals surface area (Å²) in [4.78, 5) is 23.9. The Morgan fingerprint density at radius 2 is 2.00 bits per heavy atom. The Hall–Kier alpha value is -1.75. The molecule has 0 saturated carbocycles. The molecule has 21 heavy (non-hydrogen) atoms. The number of hydrogen-bond donors (Lipinski definition) is 3. The molecule has 0 aliphatic rings. The van der Waals surface area contributed by atoms with Crippen LogP contribution in [0.1, 0.15) is 24.8 Å². The van der Waals surface area contributed by atoms with Crippen LogP contribution in [0, 0.1) is 0 Å². The Balaban J connectivity index is 2.72. The quantitative estimate of drug-likeness (QED) is 0.484. The monoisotopic (exact) mass is 307 g/mol. The zero-order valence-electron chi connectivity index (χ0n) is 11.9. The molecule has 1 atom stereocenters. The molecule has 0 heterocycles. The number of benzene rings is 1. The first-order valence-electron chi connectivity index (χ1n) is 6.88. The van der Waals surface area contributed by atoms with Crippen molar-refractivity contribution in [3.8, 4) is 5.75 Å². The van der Waals surface area contributed by atoms with Crippen molar-refractivity contribution < 1.29 is 14.7 Å². The number of aromatic hydroxyl groups is 1. The highest BCUT2D eigenvalue weighted by Crippen LogP contribution is 2.12. The first-order chi connectivity index (χ1) is 10.1. The molecule has 0 fully saturated rings. The van der Waals surface area contributed by atoms with E-state index in [2.05, 4.69) is 24.5 Å². The van der Waals surface area contributed by atoms with Gasteiger partial charge in [-0.2, -0.15) is 12.6 Å². The number of rotatable bonds is 9. The predicted octanol–water partition coefficient (Wildman–Crippen LogP) is 2.27. The van der Waals surface area contributed by atoms with E-state index in [1.165, 1.54) is 6.08 Å². The molecule has 0 saturated heterocycles. The number of allylic oxidation sites excluding steroid dienone is 1. The summed E-state index contributed by atoms with van der Waals surface area (Å²) in [5.74, 6) is 0.587. The van der Waals surface area contributed by atoms with Gasteiger partial charge in [-0.3, -0.25) is 9.59 Å². The first-order valence-corrected chi connectivity index (χ1v) is 7.51. The van der Waals surface area contributed by atoms with E-state index in [0.717, 1.165) is 5.56 Å². The van der Waals surface area contributed by atoms with Crippen molar-refractivity contribution in [2.45, 2.75) is 31.7 Å². The van der Waals surface area contributed by atoms with Gasteiger partial charge in [0, 0.05) is 12.8 Å². The lowest BCUT2D eigenvalue weighted by molar-refractivity contribution is -0.127. The van der Waals surface area contributed by atoms with Gasteiger partial charge in [0.25, 0.3) is 0 Å². The van der Waals surface area contributed by atoms with Crippen molar-refractivity contribution in [1.29, 1.82) is 0 Å². The van der Waals surface area contributed by atoms with Crippen molar-refractivity contribution in [3.05, 3.63) is 42.5 Å². The largest absolute Gasteiger partial charge is 0.508 e. The van der Waals surface area contributed by atoms with E-state index in [4.69, 9.17) is 0 Å². The van der Waals surface area contributed by atoms with Crippen LogP contribution in [-0.4, -0.2) is 28.6 Å². The van der Waals surface area contributed by atoms with E-state index >= 15 is 0 Å². The van der Waals surface area contributed by atoms with Crippen LogP contribution in [0.15, 0.2) is 36.9 Å². The maximum Gasteiger partial charge on any atom is 0.220 e. The summed E-state index contributed by atoms with van der Waals surface area (Å²) in [7, 11) is 0. The van der Waals surface area contributed by atoms with E-state index in [-0.39, 0.29) is 23.9 Å². The van der Waals surface area contributed by atoms with Gasteiger partial charge < -0.3 is 10.4 Å². The van der Waals surface area contributed by atoms with E-state index < -0.39 is 6.04 Å². The smallest absolute Gasteiger partial charge is 0.220 e. The van der Waals surface area contributed by atoms with Gasteiger partial charge in [-0.15, -0.1) is 6.58 Å². The minimum atomic E-state index is -0.569. The minimum Gasteiger partial charge on any atom is -0.508 e. The van der Waals surface area contributed by atoms with Gasteiger partial charge in [-0.25, -0.2) is 0 Å². The van der Waals surface area contributed by atoms with Crippen LogP contribution in [-0.2, 0) is 16.0 Å². The lowest BCUT2D eigenvalue weighted by Crippen LogP contribution is -2.42. The van der Waals surface area contributed by atoms with Crippen LogP contribution in [0.25, 0.3) is 0 Å². The highest BCUT2D eigenvalue weighted by molar-refractivity contribution is 7.80. The SMILES string of the molecule is C=CCC(=O)[C@H](Cc1ccc(O)cc1)NC(=O)CCCS. The van der Waals surface area contributed by atoms with Crippen LogP contribution >= 0.6 is 12.6 Å². The van der Waals surface area contributed by atoms with Crippen LogP contribution < -0.4 is 5.32 Å². The molecule has 0 spiro atoms. The van der Waals surface area contributed by atoms with Crippen molar-refractivity contribution in [2.75, 3.05) is 5.75 Å². The third kappa shape index (κ3) is 6.49. The van der Waals surface area contributed by atoms with Crippen LogP contribution in [0.3, 0.4) is 0 Å². The third-order valence-corrected chi connectivity index (χ3v) is 3.32. The number of carbonyl (C=O) groups is 2. The Morgan fingerprint density at radius 3 is 2.57 bits per heavy atom. The van der Waals surface area contributed by atoms with E-state index in [9.17, 15) is 14.7 Å². The summed E-state index contributed by atoms with van der Waals surface area (Å²) in [6, 6.07) is 6.03. The first kappa shape index (κ1) is 17.3. The second-order valence-corrected chi connectivity index (χ2v) is 5.22. The normalized spacial score (nSPS) is 11.7. The molecule has 0 aromatic heterocycles. The number of carbonyl (C=O) groups excluding carboxylic acids is 2. The van der Waals surface area contributed by atoms with E-state index in [1.807, 2.05) is 0 Å². The summed E-state index contributed by atoms with van der Waals surface area (Å²) in [5.41, 5.74) is 0.879. The van der Waals surface area contributed by atoms with E-state index in [1.54, 1.807) is 24.3 Å². The number of phenols is 1. The standard InChI is InChI=1S/C16H21NO3S/c1-2-4-15(19)14(17-16(20)5-3-10-21)11-12-6-8-13(18)9-7-12/h2,6-9,14,18,21H,1,3-5,10-11H2,(H,17,20)/t14-/m0/s1. The molecule has 4 nitrogen and oxygen atoms in total. The Bertz CT molecular complexity index is 485. The lowest BCUT2D eigenvalue weighted by atomic mass is 10.00. The number of amides is 1. The molecule has 0 unspecified atom stereocenters.